The first kappa shape index (κ1) is 10.3. The van der Waals surface area contributed by atoms with Crippen molar-refractivity contribution in [1.29, 1.82) is 0 Å². The van der Waals surface area contributed by atoms with Gasteiger partial charge in [-0.15, -0.1) is 0 Å². The Morgan fingerprint density at radius 2 is 1.60 bits per heavy atom. The van der Waals surface area contributed by atoms with Gasteiger partial charge >= 0.3 is 0 Å². The molecule has 0 aromatic heterocycles. The van der Waals surface area contributed by atoms with E-state index in [2.05, 4.69) is 0 Å². The summed E-state index contributed by atoms with van der Waals surface area (Å²) < 4.78 is 0. The van der Waals surface area contributed by atoms with Crippen LogP contribution in [0.15, 0.2) is 22.8 Å². The van der Waals surface area contributed by atoms with Crippen LogP contribution < -0.4 is 0 Å². The molecule has 0 saturated heterocycles. The highest BCUT2D eigenvalue weighted by Crippen LogP contribution is 2.35. The van der Waals surface area contributed by atoms with E-state index in [1.807, 2.05) is 25.7 Å². The molecule has 0 atom stereocenters. The first-order valence-corrected chi connectivity index (χ1v) is 4.81. The van der Waals surface area contributed by atoms with E-state index in [-0.39, 0.29) is 11.6 Å². The van der Waals surface area contributed by atoms with E-state index < -0.39 is 0 Å². The van der Waals surface area contributed by atoms with E-state index in [9.17, 15) is 9.59 Å². The van der Waals surface area contributed by atoms with E-state index in [1.165, 1.54) is 6.08 Å². The highest BCUT2D eigenvalue weighted by Gasteiger charge is 2.31. The average Bonchev–Trinajstić information content (AvgIpc) is 2.68. The monoisotopic (exact) mass is 199 g/mol. The van der Waals surface area contributed by atoms with Gasteiger partial charge < -0.3 is 0 Å². The smallest absolute Gasteiger partial charge is 0.184 e. The van der Waals surface area contributed by atoms with Crippen molar-refractivity contribution in [2.24, 2.45) is 0 Å². The number of hydrogen-bond acceptors (Lipinski definition) is 2. The first-order chi connectivity index (χ1) is 7.11. The molecule has 0 unspecified atom stereocenters. The van der Waals surface area contributed by atoms with Crippen LogP contribution in [0.2, 0.25) is 0 Å². The molecule has 2 aliphatic rings. The van der Waals surface area contributed by atoms with E-state index >= 15 is 0 Å². The standard InChI is InChI=1S/C13H11O2/c1-8-7-11(14)12(9(2)13(8)15)10-5-3-4-6-10/h3-7H,1-2H3. The lowest BCUT2D eigenvalue weighted by molar-refractivity contribution is -0.115. The minimum absolute atomic E-state index is 0.0363. The number of rotatable bonds is 1. The van der Waals surface area contributed by atoms with Gasteiger partial charge in [0.2, 0.25) is 0 Å². The summed E-state index contributed by atoms with van der Waals surface area (Å²) in [5.74, 6) is 0.719. The SMILES string of the molecule is CC1=CC(=O)C([C]2[CH][CH][CH][CH]2)=C(C)C1=O. The van der Waals surface area contributed by atoms with Crippen LogP contribution in [-0.4, -0.2) is 11.6 Å². The molecule has 0 heterocycles. The number of allylic oxidation sites excluding steroid dienone is 4. The second-order valence-corrected chi connectivity index (χ2v) is 3.69. The van der Waals surface area contributed by atoms with Crippen molar-refractivity contribution in [3.8, 4) is 0 Å². The molecule has 1 fully saturated rings. The fraction of sp³-hybridized carbons (Fsp3) is 0.154. The van der Waals surface area contributed by atoms with E-state index in [1.54, 1.807) is 13.8 Å². The van der Waals surface area contributed by atoms with Crippen molar-refractivity contribution < 1.29 is 9.59 Å². The molecular weight excluding hydrogens is 188 g/mol. The minimum Gasteiger partial charge on any atom is -0.290 e. The summed E-state index contributed by atoms with van der Waals surface area (Å²) in [6, 6.07) is 0. The zero-order chi connectivity index (χ0) is 11.0. The van der Waals surface area contributed by atoms with Crippen molar-refractivity contribution in [2.45, 2.75) is 13.8 Å². The quantitative estimate of drug-likeness (QED) is 0.603. The van der Waals surface area contributed by atoms with Crippen LogP contribution in [0.5, 0.6) is 0 Å². The second kappa shape index (κ2) is 3.76. The van der Waals surface area contributed by atoms with Crippen molar-refractivity contribution in [2.75, 3.05) is 0 Å². The normalized spacial score (nSPS) is 23.7. The van der Waals surface area contributed by atoms with Crippen LogP contribution in [0.1, 0.15) is 13.8 Å². The summed E-state index contributed by atoms with van der Waals surface area (Å²) in [7, 11) is 0. The summed E-state index contributed by atoms with van der Waals surface area (Å²) in [6.45, 7) is 3.38. The van der Waals surface area contributed by atoms with Crippen LogP contribution in [0, 0.1) is 31.6 Å². The maximum atomic E-state index is 11.8. The molecule has 0 aliphatic heterocycles. The van der Waals surface area contributed by atoms with Gasteiger partial charge in [0.25, 0.3) is 0 Å². The van der Waals surface area contributed by atoms with E-state index in [0.717, 1.165) is 5.92 Å². The molecule has 0 N–H and O–H groups in total. The first-order valence-electron chi connectivity index (χ1n) is 4.81. The number of ketones is 2. The Bertz CT molecular complexity index is 379. The van der Waals surface area contributed by atoms with Gasteiger partial charge in [-0.05, 0) is 45.6 Å². The summed E-state index contributed by atoms with van der Waals surface area (Å²) in [5.41, 5.74) is 1.61. The van der Waals surface area contributed by atoms with Crippen molar-refractivity contribution >= 4 is 11.6 Å². The van der Waals surface area contributed by atoms with E-state index in [0.29, 0.717) is 16.7 Å². The highest BCUT2D eigenvalue weighted by molar-refractivity contribution is 6.24. The Balaban J connectivity index is 2.37. The van der Waals surface area contributed by atoms with Crippen LogP contribution in [-0.2, 0) is 9.59 Å². The van der Waals surface area contributed by atoms with Crippen molar-refractivity contribution in [3.63, 3.8) is 0 Å². The third kappa shape index (κ3) is 1.69. The van der Waals surface area contributed by atoms with Crippen LogP contribution >= 0.6 is 0 Å². The predicted molar refractivity (Wildman–Crippen MR) is 56.9 cm³/mol. The topological polar surface area (TPSA) is 34.1 Å². The third-order valence-corrected chi connectivity index (χ3v) is 2.62. The molecule has 5 radical (unpaired) electrons. The number of Topliss-reactive ketones (excluding diaryl/α,β-unsaturated/α-hetero) is 1. The molecular formula is C13H11O2. The average molecular weight is 199 g/mol. The molecule has 2 aliphatic carbocycles. The molecule has 2 heteroatoms. The Morgan fingerprint density at radius 1 is 1.00 bits per heavy atom. The highest BCUT2D eigenvalue weighted by atomic mass is 16.1. The Morgan fingerprint density at radius 3 is 2.20 bits per heavy atom. The summed E-state index contributed by atoms with van der Waals surface area (Å²) in [4.78, 5) is 23.5. The summed E-state index contributed by atoms with van der Waals surface area (Å²) in [6.07, 6.45) is 8.83. The minimum atomic E-state index is -0.0733. The van der Waals surface area contributed by atoms with Gasteiger partial charge in [-0.3, -0.25) is 9.59 Å². The third-order valence-electron chi connectivity index (χ3n) is 2.62. The molecule has 0 aromatic rings. The largest absolute Gasteiger partial charge is 0.290 e. The predicted octanol–water partition coefficient (Wildman–Crippen LogP) is 1.81. The fourth-order valence-corrected chi connectivity index (χ4v) is 1.83. The van der Waals surface area contributed by atoms with Crippen molar-refractivity contribution in [3.05, 3.63) is 54.4 Å². The van der Waals surface area contributed by atoms with Gasteiger partial charge in [-0.25, -0.2) is 0 Å². The maximum absolute atomic E-state index is 11.8. The molecule has 2 nitrogen and oxygen atoms in total. The number of hydrogen-bond donors (Lipinski definition) is 0. The van der Waals surface area contributed by atoms with E-state index in [4.69, 9.17) is 0 Å². The maximum Gasteiger partial charge on any atom is 0.184 e. The van der Waals surface area contributed by atoms with Gasteiger partial charge in [0.1, 0.15) is 0 Å². The van der Waals surface area contributed by atoms with Crippen LogP contribution in [0.3, 0.4) is 0 Å². The summed E-state index contributed by atoms with van der Waals surface area (Å²) >= 11 is 0. The van der Waals surface area contributed by atoms with Gasteiger partial charge in [-0.2, -0.15) is 0 Å². The Labute approximate surface area is 90.1 Å². The Kier molecular flexibility index (Phi) is 2.59. The van der Waals surface area contributed by atoms with Gasteiger partial charge in [0.15, 0.2) is 11.6 Å². The van der Waals surface area contributed by atoms with Gasteiger partial charge in [0, 0.05) is 22.6 Å². The second-order valence-electron chi connectivity index (χ2n) is 3.69. The zero-order valence-electron chi connectivity index (χ0n) is 8.70. The Hall–Kier alpha value is -1.18. The fourth-order valence-electron chi connectivity index (χ4n) is 1.83. The molecule has 0 aromatic carbocycles. The van der Waals surface area contributed by atoms with Crippen LogP contribution in [0.25, 0.3) is 0 Å². The molecule has 75 valence electrons. The zero-order valence-corrected chi connectivity index (χ0v) is 8.70. The molecule has 15 heavy (non-hydrogen) atoms. The van der Waals surface area contributed by atoms with Crippen LogP contribution in [0.4, 0.5) is 0 Å². The molecule has 0 amide bonds. The lowest BCUT2D eigenvalue weighted by Crippen LogP contribution is -2.20. The summed E-state index contributed by atoms with van der Waals surface area (Å²) in [5, 5.41) is 0. The molecule has 0 bridgehead atoms. The molecule has 0 spiro atoms. The van der Waals surface area contributed by atoms with Crippen molar-refractivity contribution in [1.82, 2.24) is 0 Å². The van der Waals surface area contributed by atoms with Gasteiger partial charge in [-0.1, -0.05) is 0 Å². The number of carbonyl (C=O) groups excluding carboxylic acids is 2. The number of carbonyl (C=O) groups is 2. The van der Waals surface area contributed by atoms with Gasteiger partial charge in [0.05, 0.1) is 0 Å². The molecule has 2 rings (SSSR count). The lowest BCUT2D eigenvalue weighted by Gasteiger charge is -2.18. The molecule has 1 saturated carbocycles. The lowest BCUT2D eigenvalue weighted by atomic mass is 9.83.